The molecule has 11 rings (SSSR count). The van der Waals surface area contributed by atoms with E-state index in [1.807, 2.05) is 0 Å². The van der Waals surface area contributed by atoms with Gasteiger partial charge in [0.05, 0.1) is 22.2 Å². The highest BCUT2D eigenvalue weighted by atomic mass is 15.2. The third kappa shape index (κ3) is 3.94. The first-order valence-electron chi connectivity index (χ1n) is 19.1. The zero-order chi connectivity index (χ0) is 36.2. The van der Waals surface area contributed by atoms with E-state index in [1.165, 1.54) is 101 Å². The number of hydrogen-bond acceptors (Lipinski definition) is 1. The number of rotatable bonds is 3. The molecule has 1 spiro atoms. The van der Waals surface area contributed by atoms with Crippen LogP contribution in [0.5, 0.6) is 0 Å². The summed E-state index contributed by atoms with van der Waals surface area (Å²) in [4.78, 5) is 2.53. The van der Waals surface area contributed by atoms with E-state index in [4.69, 9.17) is 0 Å². The molecule has 1 heteroatoms. The molecule has 54 heavy (non-hydrogen) atoms. The van der Waals surface area contributed by atoms with E-state index in [1.54, 1.807) is 0 Å². The molecule has 3 aliphatic rings. The SMILES string of the molecule is Cc1ccc2c(c1)C1(c3cc(C)ccc3-2)c2cc(C)ccc2-c2ccc(N3c4ccccc4C(c4ccccc4)(c4ccccc4)c4ccccc43)cc21. The molecule has 0 N–H and O–H groups in total. The maximum absolute atomic E-state index is 2.53. The molecule has 8 aromatic carbocycles. The summed E-state index contributed by atoms with van der Waals surface area (Å²) in [6.07, 6.45) is 0. The number of anilines is 3. The number of para-hydroxylation sites is 2. The minimum absolute atomic E-state index is 0.429. The van der Waals surface area contributed by atoms with Gasteiger partial charge in [0.1, 0.15) is 0 Å². The standard InChI is InChI=1S/C53H39N/c1-34-22-26-40-41-27-23-35(2)31-47(41)53(46(40)30-34)48-32-36(3)24-28-42(48)43-29-25-39(33-49(43)53)54-50-20-12-10-18-44(50)52(37-14-6-4-7-15-37,38-16-8-5-9-17-38)45-19-11-13-21-51(45)54/h4-33H,1-3H3. The largest absolute Gasteiger partial charge is 0.310 e. The first-order chi connectivity index (χ1) is 26.5. The predicted molar refractivity (Wildman–Crippen MR) is 224 cm³/mol. The first kappa shape index (κ1) is 31.1. The van der Waals surface area contributed by atoms with Gasteiger partial charge in [0, 0.05) is 5.69 Å². The van der Waals surface area contributed by atoms with Crippen LogP contribution in [-0.4, -0.2) is 0 Å². The van der Waals surface area contributed by atoms with Gasteiger partial charge < -0.3 is 4.90 Å². The Morgan fingerprint density at radius 3 is 1.13 bits per heavy atom. The maximum Gasteiger partial charge on any atom is 0.0742 e. The second-order valence-electron chi connectivity index (χ2n) is 15.5. The highest BCUT2D eigenvalue weighted by Crippen LogP contribution is 2.65. The molecule has 1 heterocycles. The highest BCUT2D eigenvalue weighted by Gasteiger charge is 2.53. The van der Waals surface area contributed by atoms with Gasteiger partial charge in [-0.05, 0) is 112 Å². The van der Waals surface area contributed by atoms with Crippen molar-refractivity contribution in [3.63, 3.8) is 0 Å². The quantitative estimate of drug-likeness (QED) is 0.178. The van der Waals surface area contributed by atoms with E-state index in [2.05, 4.69) is 208 Å². The zero-order valence-corrected chi connectivity index (χ0v) is 30.8. The molecule has 0 aromatic heterocycles. The monoisotopic (exact) mass is 689 g/mol. The Kier molecular flexibility index (Phi) is 6.50. The topological polar surface area (TPSA) is 3.24 Å². The van der Waals surface area contributed by atoms with Crippen LogP contribution >= 0.6 is 0 Å². The van der Waals surface area contributed by atoms with Crippen LogP contribution in [0.3, 0.4) is 0 Å². The van der Waals surface area contributed by atoms with Gasteiger partial charge in [-0.3, -0.25) is 0 Å². The number of hydrogen-bond donors (Lipinski definition) is 0. The lowest BCUT2D eigenvalue weighted by Gasteiger charge is -2.46. The van der Waals surface area contributed by atoms with E-state index >= 15 is 0 Å². The summed E-state index contributed by atoms with van der Waals surface area (Å²) in [6, 6.07) is 68.9. The van der Waals surface area contributed by atoms with E-state index in [-0.39, 0.29) is 0 Å². The van der Waals surface area contributed by atoms with E-state index in [0.717, 1.165) is 0 Å². The molecule has 0 fully saturated rings. The molecule has 8 aromatic rings. The minimum Gasteiger partial charge on any atom is -0.310 e. The van der Waals surface area contributed by atoms with Crippen LogP contribution in [-0.2, 0) is 10.8 Å². The Labute approximate surface area is 317 Å². The van der Waals surface area contributed by atoms with E-state index in [9.17, 15) is 0 Å². The van der Waals surface area contributed by atoms with Crippen molar-refractivity contribution in [2.24, 2.45) is 0 Å². The Morgan fingerprint density at radius 2 is 0.685 bits per heavy atom. The Bertz CT molecular complexity index is 2650. The summed E-state index contributed by atoms with van der Waals surface area (Å²) in [6.45, 7) is 6.71. The fraction of sp³-hybridized carbons (Fsp3) is 0.0943. The Balaban J connectivity index is 1.23. The highest BCUT2D eigenvalue weighted by molar-refractivity contribution is 5.97. The van der Waals surface area contributed by atoms with Crippen molar-refractivity contribution in [2.75, 3.05) is 4.90 Å². The molecular weight excluding hydrogens is 651 g/mol. The van der Waals surface area contributed by atoms with Gasteiger partial charge in [-0.25, -0.2) is 0 Å². The Morgan fingerprint density at radius 1 is 0.315 bits per heavy atom. The average molecular weight is 690 g/mol. The second-order valence-corrected chi connectivity index (χ2v) is 15.5. The number of fused-ring (bicyclic) bond motifs is 12. The summed E-state index contributed by atoms with van der Waals surface area (Å²) >= 11 is 0. The van der Waals surface area contributed by atoms with Gasteiger partial charge in [-0.2, -0.15) is 0 Å². The third-order valence-electron chi connectivity index (χ3n) is 12.5. The third-order valence-corrected chi connectivity index (χ3v) is 12.5. The molecular formula is C53H39N. The van der Waals surface area contributed by atoms with Gasteiger partial charge in [0.15, 0.2) is 0 Å². The van der Waals surface area contributed by atoms with Gasteiger partial charge in [0.2, 0.25) is 0 Å². The van der Waals surface area contributed by atoms with Gasteiger partial charge >= 0.3 is 0 Å². The summed E-state index contributed by atoms with van der Waals surface area (Å²) in [5, 5.41) is 0. The maximum atomic E-state index is 2.53. The van der Waals surface area contributed by atoms with Crippen LogP contribution < -0.4 is 4.90 Å². The van der Waals surface area contributed by atoms with Crippen LogP contribution in [0.4, 0.5) is 17.1 Å². The molecule has 0 unspecified atom stereocenters. The lowest BCUT2D eigenvalue weighted by Crippen LogP contribution is -2.37. The van der Waals surface area contributed by atoms with Crippen molar-refractivity contribution in [3.05, 3.63) is 243 Å². The van der Waals surface area contributed by atoms with Gasteiger partial charge in [-0.1, -0.05) is 174 Å². The molecule has 0 amide bonds. The van der Waals surface area contributed by atoms with E-state index in [0.29, 0.717) is 0 Å². The fourth-order valence-electron chi connectivity index (χ4n) is 10.4. The summed E-state index contributed by atoms with van der Waals surface area (Å²) in [7, 11) is 0. The summed E-state index contributed by atoms with van der Waals surface area (Å²) in [5.74, 6) is 0. The normalized spacial score (nSPS) is 14.8. The summed E-state index contributed by atoms with van der Waals surface area (Å²) in [5.41, 5.74) is 22.4. The molecule has 1 aliphatic heterocycles. The zero-order valence-electron chi connectivity index (χ0n) is 30.8. The molecule has 0 saturated carbocycles. The van der Waals surface area contributed by atoms with Crippen molar-refractivity contribution < 1.29 is 0 Å². The van der Waals surface area contributed by atoms with Crippen molar-refractivity contribution >= 4 is 17.1 Å². The molecule has 2 aliphatic carbocycles. The lowest BCUT2D eigenvalue weighted by atomic mass is 9.62. The molecule has 0 radical (unpaired) electrons. The molecule has 1 nitrogen and oxygen atoms in total. The van der Waals surface area contributed by atoms with Crippen LogP contribution in [0.15, 0.2) is 182 Å². The molecule has 256 valence electrons. The summed E-state index contributed by atoms with van der Waals surface area (Å²) < 4.78 is 0. The van der Waals surface area contributed by atoms with Crippen LogP contribution in [0.1, 0.15) is 61.2 Å². The fourth-order valence-corrected chi connectivity index (χ4v) is 10.4. The molecule has 0 atom stereocenters. The van der Waals surface area contributed by atoms with Crippen LogP contribution in [0, 0.1) is 20.8 Å². The van der Waals surface area contributed by atoms with Crippen LogP contribution in [0.2, 0.25) is 0 Å². The average Bonchev–Trinajstić information content (AvgIpc) is 3.65. The van der Waals surface area contributed by atoms with E-state index < -0.39 is 10.8 Å². The lowest BCUT2D eigenvalue weighted by molar-refractivity contribution is 0.731. The number of aryl methyl sites for hydroxylation is 3. The molecule has 0 bridgehead atoms. The first-order valence-corrected chi connectivity index (χ1v) is 19.1. The number of benzene rings is 8. The Hall–Kier alpha value is -6.44. The van der Waals surface area contributed by atoms with Gasteiger partial charge in [-0.15, -0.1) is 0 Å². The number of nitrogens with zero attached hydrogens (tertiary/aromatic N) is 1. The van der Waals surface area contributed by atoms with Crippen LogP contribution in [0.25, 0.3) is 22.3 Å². The second kappa shape index (κ2) is 11.3. The minimum atomic E-state index is -0.504. The van der Waals surface area contributed by atoms with Crippen molar-refractivity contribution in [3.8, 4) is 22.3 Å². The van der Waals surface area contributed by atoms with Crippen molar-refractivity contribution in [1.82, 2.24) is 0 Å². The smallest absolute Gasteiger partial charge is 0.0742 e. The predicted octanol–water partition coefficient (Wildman–Crippen LogP) is 13.1. The van der Waals surface area contributed by atoms with Crippen molar-refractivity contribution in [2.45, 2.75) is 31.6 Å². The van der Waals surface area contributed by atoms with Gasteiger partial charge in [0.25, 0.3) is 0 Å². The molecule has 0 saturated heterocycles. The van der Waals surface area contributed by atoms with Crippen molar-refractivity contribution in [1.29, 1.82) is 0 Å².